The van der Waals surface area contributed by atoms with Crippen LogP contribution in [0.1, 0.15) is 12.8 Å². The number of likely N-dealkylation sites (tertiary alicyclic amines) is 1. The van der Waals surface area contributed by atoms with Gasteiger partial charge in [-0.1, -0.05) is 18.2 Å². The maximum atomic E-state index is 11.7. The molecule has 0 bridgehead atoms. The summed E-state index contributed by atoms with van der Waals surface area (Å²) >= 11 is 0. The van der Waals surface area contributed by atoms with Gasteiger partial charge in [0.05, 0.1) is 5.69 Å². The van der Waals surface area contributed by atoms with Crippen molar-refractivity contribution in [1.29, 1.82) is 0 Å². The lowest BCUT2D eigenvalue weighted by atomic mass is 10.3. The molecule has 1 heterocycles. The first-order chi connectivity index (χ1) is 7.27. The maximum Gasteiger partial charge on any atom is 0.323 e. The van der Waals surface area contributed by atoms with E-state index in [4.69, 9.17) is 0 Å². The molecule has 2 N–H and O–H groups in total. The first-order valence-electron chi connectivity index (χ1n) is 5.00. The first kappa shape index (κ1) is 9.98. The normalized spacial score (nSPS) is 20.3. The fourth-order valence-electron chi connectivity index (χ4n) is 1.64. The Morgan fingerprint density at radius 2 is 2.47 bits per heavy atom. The number of nitrogens with one attached hydrogen (secondary N) is 1. The van der Waals surface area contributed by atoms with Crippen molar-refractivity contribution in [2.75, 3.05) is 11.9 Å². The zero-order valence-electron chi connectivity index (χ0n) is 8.31. The Morgan fingerprint density at radius 3 is 3.07 bits per heavy atom. The third-order valence-corrected chi connectivity index (χ3v) is 2.43. The van der Waals surface area contributed by atoms with E-state index in [1.165, 1.54) is 4.90 Å². The average molecular weight is 205 g/mol. The number of rotatable bonds is 1. The van der Waals surface area contributed by atoms with Gasteiger partial charge >= 0.3 is 6.03 Å². The van der Waals surface area contributed by atoms with Crippen LogP contribution < -0.4 is 5.32 Å². The van der Waals surface area contributed by atoms with Crippen LogP contribution in [0.5, 0.6) is 0 Å². The quantitative estimate of drug-likeness (QED) is 0.728. The minimum Gasteiger partial charge on any atom is -0.373 e. The summed E-state index contributed by atoms with van der Waals surface area (Å²) in [5, 5.41) is 12.2. The number of carbonyl (C=O) groups is 1. The van der Waals surface area contributed by atoms with Gasteiger partial charge in [0.15, 0.2) is 0 Å². The Bertz CT molecular complexity index is 340. The minimum absolute atomic E-state index is 0.262. The van der Waals surface area contributed by atoms with Gasteiger partial charge in [-0.3, -0.25) is 4.90 Å². The highest BCUT2D eigenvalue weighted by atomic mass is 16.3. The summed E-state index contributed by atoms with van der Waals surface area (Å²) in [6, 6.07) is 9.79. The number of hydrogen-bond donors (Lipinski definition) is 2. The number of amides is 2. The molecule has 15 heavy (non-hydrogen) atoms. The average Bonchev–Trinajstić information content (AvgIpc) is 2.66. The van der Waals surface area contributed by atoms with Crippen molar-refractivity contribution in [1.82, 2.24) is 4.90 Å². The van der Waals surface area contributed by atoms with Crippen LogP contribution >= 0.6 is 0 Å². The fourth-order valence-corrected chi connectivity index (χ4v) is 1.64. The predicted molar refractivity (Wildman–Crippen MR) is 56.2 cm³/mol. The highest BCUT2D eigenvalue weighted by Crippen LogP contribution is 2.16. The monoisotopic (exact) mass is 205 g/mol. The van der Waals surface area contributed by atoms with Crippen LogP contribution in [0, 0.1) is 6.07 Å². The van der Waals surface area contributed by atoms with Gasteiger partial charge < -0.3 is 10.4 Å². The van der Waals surface area contributed by atoms with Crippen molar-refractivity contribution in [3.05, 3.63) is 30.3 Å². The second-order valence-electron chi connectivity index (χ2n) is 3.52. The Hall–Kier alpha value is -1.55. The van der Waals surface area contributed by atoms with Gasteiger partial charge in [-0.05, 0) is 18.9 Å². The van der Waals surface area contributed by atoms with Gasteiger partial charge in [0.25, 0.3) is 0 Å². The molecule has 1 aliphatic rings. The number of benzene rings is 1. The third-order valence-electron chi connectivity index (χ3n) is 2.43. The lowest BCUT2D eigenvalue weighted by molar-refractivity contribution is 0.0667. The molecule has 1 saturated heterocycles. The molecule has 1 aromatic carbocycles. The number of aliphatic hydroxyl groups is 1. The number of anilines is 1. The Balaban J connectivity index is 1.98. The summed E-state index contributed by atoms with van der Waals surface area (Å²) in [5.74, 6) is 0. The second-order valence-corrected chi connectivity index (χ2v) is 3.52. The molecular formula is C11H13N2O2. The van der Waals surface area contributed by atoms with Crippen molar-refractivity contribution in [3.63, 3.8) is 0 Å². The largest absolute Gasteiger partial charge is 0.373 e. The summed E-state index contributed by atoms with van der Waals surface area (Å²) in [6.07, 6.45) is 0.868. The molecule has 0 spiro atoms. The smallest absolute Gasteiger partial charge is 0.323 e. The number of para-hydroxylation sites is 1. The maximum absolute atomic E-state index is 11.7. The number of urea groups is 1. The van der Waals surface area contributed by atoms with Crippen LogP contribution in [0.2, 0.25) is 0 Å². The van der Waals surface area contributed by atoms with Gasteiger partial charge in [-0.2, -0.15) is 0 Å². The van der Waals surface area contributed by atoms with Gasteiger partial charge in [0.2, 0.25) is 0 Å². The van der Waals surface area contributed by atoms with E-state index < -0.39 is 6.23 Å². The second kappa shape index (κ2) is 4.31. The molecule has 2 rings (SSSR count). The predicted octanol–water partition coefficient (Wildman–Crippen LogP) is 1.43. The van der Waals surface area contributed by atoms with Gasteiger partial charge in [-0.15, -0.1) is 0 Å². The first-order valence-corrected chi connectivity index (χ1v) is 5.00. The molecule has 0 aromatic heterocycles. The van der Waals surface area contributed by atoms with Crippen molar-refractivity contribution in [2.45, 2.75) is 19.1 Å². The van der Waals surface area contributed by atoms with E-state index in [1.807, 2.05) is 12.1 Å². The van der Waals surface area contributed by atoms with E-state index in [1.54, 1.807) is 12.1 Å². The van der Waals surface area contributed by atoms with Gasteiger partial charge in [-0.25, -0.2) is 4.79 Å². The van der Waals surface area contributed by atoms with E-state index in [2.05, 4.69) is 11.4 Å². The third kappa shape index (κ3) is 2.27. The summed E-state index contributed by atoms with van der Waals surface area (Å²) in [5.41, 5.74) is 0.626. The summed E-state index contributed by atoms with van der Waals surface area (Å²) in [4.78, 5) is 13.1. The van der Waals surface area contributed by atoms with Crippen molar-refractivity contribution < 1.29 is 9.90 Å². The number of nitrogens with zero attached hydrogens (tertiary/aromatic N) is 1. The van der Waals surface area contributed by atoms with Crippen LogP contribution in [0.3, 0.4) is 0 Å². The van der Waals surface area contributed by atoms with Gasteiger partial charge in [0.1, 0.15) is 6.23 Å². The lowest BCUT2D eigenvalue weighted by Crippen LogP contribution is -2.38. The summed E-state index contributed by atoms with van der Waals surface area (Å²) < 4.78 is 0. The highest BCUT2D eigenvalue weighted by molar-refractivity contribution is 5.89. The van der Waals surface area contributed by atoms with Crippen LogP contribution in [-0.4, -0.2) is 28.8 Å². The molecule has 1 atom stereocenters. The van der Waals surface area contributed by atoms with E-state index in [9.17, 15) is 9.90 Å². The Labute approximate surface area is 88.5 Å². The zero-order valence-corrected chi connectivity index (χ0v) is 8.31. The van der Waals surface area contributed by atoms with E-state index in [0.717, 1.165) is 6.42 Å². The molecule has 79 valence electrons. The number of carbonyl (C=O) groups excluding carboxylic acids is 1. The Kier molecular flexibility index (Phi) is 2.87. The van der Waals surface area contributed by atoms with Crippen LogP contribution in [0.4, 0.5) is 10.5 Å². The molecule has 2 amide bonds. The highest BCUT2D eigenvalue weighted by Gasteiger charge is 2.26. The van der Waals surface area contributed by atoms with Crippen molar-refractivity contribution in [2.24, 2.45) is 0 Å². The van der Waals surface area contributed by atoms with Crippen LogP contribution in [0.25, 0.3) is 0 Å². The molecule has 0 saturated carbocycles. The molecule has 4 nitrogen and oxygen atoms in total. The number of aliphatic hydroxyl groups excluding tert-OH is 1. The summed E-state index contributed by atoms with van der Waals surface area (Å²) in [7, 11) is 0. The van der Waals surface area contributed by atoms with E-state index in [-0.39, 0.29) is 6.03 Å². The fraction of sp³-hybridized carbons (Fsp3) is 0.364. The van der Waals surface area contributed by atoms with E-state index >= 15 is 0 Å². The standard InChI is InChI=1S/C11H13N2O2/c14-10-7-4-8-13(10)11(15)12-9-5-2-1-3-6-9/h1-3,5,10,14H,4,7-8H2,(H,12,15). The Morgan fingerprint density at radius 1 is 1.60 bits per heavy atom. The molecule has 1 aromatic rings. The topological polar surface area (TPSA) is 52.6 Å². The van der Waals surface area contributed by atoms with Gasteiger partial charge in [0, 0.05) is 12.6 Å². The molecular weight excluding hydrogens is 192 g/mol. The van der Waals surface area contributed by atoms with E-state index in [0.29, 0.717) is 18.7 Å². The SMILES string of the molecule is O=C(Nc1[c]cccc1)N1CCCC1O. The molecule has 0 aliphatic carbocycles. The van der Waals surface area contributed by atoms with Crippen LogP contribution in [-0.2, 0) is 0 Å². The molecule has 1 unspecified atom stereocenters. The van der Waals surface area contributed by atoms with Crippen LogP contribution in [0.15, 0.2) is 24.3 Å². The lowest BCUT2D eigenvalue weighted by Gasteiger charge is -2.20. The van der Waals surface area contributed by atoms with Crippen molar-refractivity contribution in [3.8, 4) is 0 Å². The molecule has 1 aliphatic heterocycles. The molecule has 1 radical (unpaired) electrons. The number of hydrogen-bond acceptors (Lipinski definition) is 2. The minimum atomic E-state index is -0.645. The summed E-state index contributed by atoms with van der Waals surface area (Å²) in [6.45, 7) is 0.611. The van der Waals surface area contributed by atoms with Crippen molar-refractivity contribution >= 4 is 11.7 Å². The molecule has 4 heteroatoms. The zero-order chi connectivity index (χ0) is 10.7. The molecule has 1 fully saturated rings.